The average molecular weight is 1400 g/mol. The first-order chi connectivity index (χ1) is 50.3. The van der Waals surface area contributed by atoms with Crippen molar-refractivity contribution in [2.75, 3.05) is 0 Å². The van der Waals surface area contributed by atoms with Crippen LogP contribution in [0.15, 0.2) is 273 Å². The van der Waals surface area contributed by atoms with Gasteiger partial charge in [0.1, 0.15) is 34.5 Å². The number of fused-ring (bicyclic) bond motifs is 10. The van der Waals surface area contributed by atoms with Crippen molar-refractivity contribution in [2.45, 2.75) is 153 Å². The zero-order valence-corrected chi connectivity index (χ0v) is 62.5. The predicted octanol–water partition coefficient (Wildman–Crippen LogP) is 23.3. The van der Waals surface area contributed by atoms with Crippen LogP contribution >= 0.6 is 0 Å². The van der Waals surface area contributed by atoms with E-state index < -0.39 is 0 Å². The van der Waals surface area contributed by atoms with Crippen LogP contribution in [-0.4, -0.2) is 35.8 Å². The standard InChI is InChI=1S/3C13H10O2.2C10H16.3C8H8O2.4C2H6/c3*14-13(11-7-3-1-4-8-11)15-12-9-5-2-6-10-12;2*1-2-9-7-4-5-8(6-7)10(9)3-1;3*1-7(9)10-8-5-3-2-4-6-8;4*1-2/h3*1-10H;2*7-10H,1-6H2;3*2-6H,1H3;4*1-2H3. The number of hydrogen-bond acceptors (Lipinski definition) is 12. The first kappa shape index (κ1) is 85.2. The molecule has 6 aliphatic carbocycles. The molecule has 6 fully saturated rings. The molecule has 8 unspecified atom stereocenters. The number of carbonyl (C=O) groups excluding carboxylic acids is 6. The van der Waals surface area contributed by atoms with Crippen molar-refractivity contribution in [3.05, 3.63) is 290 Å². The summed E-state index contributed by atoms with van der Waals surface area (Å²) >= 11 is 0. The molecule has 0 amide bonds. The van der Waals surface area contributed by atoms with Gasteiger partial charge in [0.25, 0.3) is 0 Å². The van der Waals surface area contributed by atoms with Gasteiger partial charge >= 0.3 is 35.8 Å². The second kappa shape index (κ2) is 51.0. The van der Waals surface area contributed by atoms with Gasteiger partial charge in [0.15, 0.2) is 0 Å². The Hall–Kier alpha value is -10.2. The monoisotopic (exact) mass is 1390 g/mol. The number of para-hydroxylation sites is 6. The summed E-state index contributed by atoms with van der Waals surface area (Å²) in [5.74, 6) is 11.2. The minimum Gasteiger partial charge on any atom is -0.427 e. The van der Waals surface area contributed by atoms with Crippen LogP contribution in [0.1, 0.15) is 184 Å². The van der Waals surface area contributed by atoms with Crippen LogP contribution in [-0.2, 0) is 14.4 Å². The smallest absolute Gasteiger partial charge is 0.343 e. The molecule has 546 valence electrons. The van der Waals surface area contributed by atoms with Crippen LogP contribution in [0.4, 0.5) is 0 Å². The Morgan fingerprint density at radius 3 is 0.544 bits per heavy atom. The summed E-state index contributed by atoms with van der Waals surface area (Å²) < 4.78 is 29.8. The molecule has 12 heteroatoms. The molecule has 6 saturated carbocycles. The van der Waals surface area contributed by atoms with Crippen molar-refractivity contribution in [1.29, 1.82) is 0 Å². The molecule has 9 aromatic rings. The van der Waals surface area contributed by atoms with Crippen molar-refractivity contribution < 1.29 is 57.2 Å². The van der Waals surface area contributed by atoms with Gasteiger partial charge in [-0.15, -0.1) is 0 Å². The summed E-state index contributed by atoms with van der Waals surface area (Å²) in [6.45, 7) is 20.1. The molecule has 103 heavy (non-hydrogen) atoms. The molecule has 9 aromatic carbocycles. The lowest BCUT2D eigenvalue weighted by molar-refractivity contribution is -0.132. The van der Waals surface area contributed by atoms with E-state index >= 15 is 0 Å². The quantitative estimate of drug-likeness (QED) is 0.0996. The molecule has 0 saturated heterocycles. The Labute approximate surface area is 614 Å². The SMILES string of the molecule is C1CC2C3CCC(C3)C2C1.C1CC2C3CCC(C3)C2C1.CC.CC.CC.CC.CC(=O)Oc1ccccc1.CC(=O)Oc1ccccc1.CC(=O)Oc1ccccc1.O=C(Oc1ccccc1)c1ccccc1.O=C(Oc1ccccc1)c1ccccc1.O=C(Oc1ccccc1)c1ccccc1. The van der Waals surface area contributed by atoms with E-state index in [1.807, 2.05) is 219 Å². The van der Waals surface area contributed by atoms with Gasteiger partial charge in [-0.25, -0.2) is 14.4 Å². The number of hydrogen-bond donors (Lipinski definition) is 0. The normalized spacial score (nSPS) is 18.2. The summed E-state index contributed by atoms with van der Waals surface area (Å²) in [4.78, 5) is 65.9. The van der Waals surface area contributed by atoms with Crippen LogP contribution < -0.4 is 28.4 Å². The molecule has 0 aliphatic heterocycles. The third kappa shape index (κ3) is 32.1. The second-order valence-corrected chi connectivity index (χ2v) is 24.1. The van der Waals surface area contributed by atoms with E-state index in [4.69, 9.17) is 28.4 Å². The summed E-state index contributed by atoms with van der Waals surface area (Å²) in [7, 11) is 0. The highest BCUT2D eigenvalue weighted by Gasteiger charge is 2.50. The number of carbonyl (C=O) groups is 6. The molecule has 12 nitrogen and oxygen atoms in total. The number of esters is 6. The molecular formula is C91H110O12. The van der Waals surface area contributed by atoms with E-state index in [1.165, 1.54) is 68.1 Å². The number of rotatable bonds is 9. The first-order valence-electron chi connectivity index (χ1n) is 37.0. The maximum atomic E-state index is 11.6. The molecule has 8 atom stereocenters. The summed E-state index contributed by atoms with van der Waals surface area (Å²) in [6, 6.07) is 80.8. The third-order valence-electron chi connectivity index (χ3n) is 17.6. The lowest BCUT2D eigenvalue weighted by Gasteiger charge is -2.23. The van der Waals surface area contributed by atoms with Crippen LogP contribution in [0.25, 0.3) is 0 Å². The van der Waals surface area contributed by atoms with Crippen molar-refractivity contribution in [2.24, 2.45) is 47.3 Å². The zero-order valence-electron chi connectivity index (χ0n) is 62.5. The van der Waals surface area contributed by atoms with Gasteiger partial charge < -0.3 is 28.4 Å². The number of benzene rings is 9. The maximum absolute atomic E-state index is 11.6. The Kier molecular flexibility index (Phi) is 42.2. The van der Waals surface area contributed by atoms with Gasteiger partial charge in [0, 0.05) is 20.8 Å². The molecule has 0 spiro atoms. The van der Waals surface area contributed by atoms with Crippen LogP contribution in [0.2, 0.25) is 0 Å². The fourth-order valence-electron chi connectivity index (χ4n) is 13.7. The van der Waals surface area contributed by atoms with Gasteiger partial charge in [-0.2, -0.15) is 0 Å². The first-order valence-corrected chi connectivity index (χ1v) is 37.0. The van der Waals surface area contributed by atoms with Crippen LogP contribution in [0, 0.1) is 47.3 Å². The average Bonchev–Trinajstić information content (AvgIpc) is 1.63. The lowest BCUT2D eigenvalue weighted by atomic mass is 9.82. The molecule has 15 rings (SSSR count). The van der Waals surface area contributed by atoms with Crippen LogP contribution in [0.5, 0.6) is 34.5 Å². The molecular weight excluding hydrogens is 1280 g/mol. The molecule has 0 radical (unpaired) electrons. The van der Waals surface area contributed by atoms with Gasteiger partial charge in [-0.3, -0.25) is 14.4 Å². The van der Waals surface area contributed by atoms with Gasteiger partial charge in [0.05, 0.1) is 16.7 Å². The van der Waals surface area contributed by atoms with Gasteiger partial charge in [-0.1, -0.05) is 232 Å². The van der Waals surface area contributed by atoms with E-state index in [0.717, 1.165) is 0 Å². The predicted molar refractivity (Wildman–Crippen MR) is 415 cm³/mol. The van der Waals surface area contributed by atoms with E-state index in [9.17, 15) is 28.8 Å². The number of ether oxygens (including phenoxy) is 6. The summed E-state index contributed by atoms with van der Waals surface area (Å²) in [5, 5.41) is 0. The fourth-order valence-corrected chi connectivity index (χ4v) is 13.7. The van der Waals surface area contributed by atoms with E-state index in [-0.39, 0.29) is 35.8 Å². The highest BCUT2D eigenvalue weighted by atomic mass is 16.6. The molecule has 0 heterocycles. The molecule has 0 aromatic heterocycles. The third-order valence-corrected chi connectivity index (χ3v) is 17.6. The zero-order chi connectivity index (χ0) is 74.8. The fraction of sp³-hybridized carbons (Fsp3) is 0.341. The Bertz CT molecular complexity index is 3290. The van der Waals surface area contributed by atoms with Crippen LogP contribution in [0.3, 0.4) is 0 Å². The van der Waals surface area contributed by atoms with Gasteiger partial charge in [-0.05, 0) is 221 Å². The lowest BCUT2D eigenvalue weighted by Crippen LogP contribution is -2.15. The molecule has 0 N–H and O–H groups in total. The maximum Gasteiger partial charge on any atom is 0.343 e. The Morgan fingerprint density at radius 1 is 0.223 bits per heavy atom. The topological polar surface area (TPSA) is 158 Å². The highest BCUT2D eigenvalue weighted by molar-refractivity contribution is 5.92. The molecule has 4 bridgehead atoms. The minimum absolute atomic E-state index is 0.286. The molecule has 6 aliphatic rings. The van der Waals surface area contributed by atoms with Crippen molar-refractivity contribution in [3.63, 3.8) is 0 Å². The van der Waals surface area contributed by atoms with Crippen molar-refractivity contribution in [1.82, 2.24) is 0 Å². The van der Waals surface area contributed by atoms with E-state index in [1.54, 1.807) is 186 Å². The van der Waals surface area contributed by atoms with E-state index in [0.29, 0.717) is 51.2 Å². The second-order valence-electron chi connectivity index (χ2n) is 24.1. The van der Waals surface area contributed by atoms with E-state index in [2.05, 4.69) is 0 Å². The summed E-state index contributed by atoms with van der Waals surface area (Å²) in [6.07, 6.45) is 19.1. The largest absolute Gasteiger partial charge is 0.427 e. The Balaban J connectivity index is 0.000000247. The minimum atomic E-state index is -0.332. The van der Waals surface area contributed by atoms with Crippen molar-refractivity contribution in [3.8, 4) is 34.5 Å². The van der Waals surface area contributed by atoms with Crippen molar-refractivity contribution >= 4 is 35.8 Å². The highest BCUT2D eigenvalue weighted by Crippen LogP contribution is 2.59. The summed E-state index contributed by atoms with van der Waals surface area (Å²) in [5.41, 5.74) is 1.67. The Morgan fingerprint density at radius 2 is 0.379 bits per heavy atom. The van der Waals surface area contributed by atoms with Gasteiger partial charge in [0.2, 0.25) is 0 Å².